The molecule has 0 aliphatic rings. The number of imidazole rings is 1. The highest BCUT2D eigenvalue weighted by Gasteiger charge is 2.09. The van der Waals surface area contributed by atoms with Crippen LogP contribution in [0, 0.1) is 6.92 Å². The van der Waals surface area contributed by atoms with Crippen molar-refractivity contribution in [2.45, 2.75) is 13.3 Å². The first-order valence-electron chi connectivity index (χ1n) is 8.18. The van der Waals surface area contributed by atoms with Gasteiger partial charge in [-0.25, -0.2) is 14.3 Å². The number of hydrogen-bond acceptors (Lipinski definition) is 5. The van der Waals surface area contributed by atoms with Crippen molar-refractivity contribution in [1.82, 2.24) is 19.9 Å². The molecule has 0 saturated heterocycles. The van der Waals surface area contributed by atoms with Crippen molar-refractivity contribution in [2.24, 2.45) is 0 Å². The average molecular weight is 356 g/mol. The molecule has 8 nitrogen and oxygen atoms in total. The van der Waals surface area contributed by atoms with Crippen LogP contribution in [0.5, 0.6) is 11.5 Å². The van der Waals surface area contributed by atoms with Crippen LogP contribution in [0.3, 0.4) is 0 Å². The first-order valence-corrected chi connectivity index (χ1v) is 8.18. The molecule has 2 aromatic heterocycles. The molecule has 1 aromatic carbocycles. The molecule has 0 aliphatic carbocycles. The number of aromatic nitrogens is 3. The normalized spacial score (nSPS) is 10.7. The van der Waals surface area contributed by atoms with Gasteiger partial charge in [0.2, 0.25) is 0 Å². The Bertz CT molecular complexity index is 923. The minimum absolute atomic E-state index is 0.337. The van der Waals surface area contributed by atoms with E-state index in [1.807, 2.05) is 43.5 Å². The summed E-state index contributed by atoms with van der Waals surface area (Å²) in [6, 6.07) is 9.42. The molecule has 0 atom stereocenters. The molecule has 2 heterocycles. The minimum Gasteiger partial charge on any atom is -0.493 e. The van der Waals surface area contributed by atoms with Gasteiger partial charge in [0.15, 0.2) is 17.1 Å². The molecule has 0 fully saturated rings. The van der Waals surface area contributed by atoms with Crippen LogP contribution in [0.4, 0.5) is 4.79 Å². The molecule has 0 bridgehead atoms. The molecular formula is C18H20N4O4. The Labute approximate surface area is 150 Å². The highest BCUT2D eigenvalue weighted by atomic mass is 16.5. The third kappa shape index (κ3) is 4.02. The van der Waals surface area contributed by atoms with Gasteiger partial charge in [-0.2, -0.15) is 5.10 Å². The monoisotopic (exact) mass is 356 g/mol. The van der Waals surface area contributed by atoms with Gasteiger partial charge in [0.25, 0.3) is 0 Å². The largest absolute Gasteiger partial charge is 0.493 e. The van der Waals surface area contributed by atoms with E-state index >= 15 is 0 Å². The highest BCUT2D eigenvalue weighted by molar-refractivity contribution is 5.65. The van der Waals surface area contributed by atoms with E-state index in [-0.39, 0.29) is 0 Å². The summed E-state index contributed by atoms with van der Waals surface area (Å²) in [6.07, 6.45) is 1.40. The molecule has 0 aliphatic heterocycles. The highest BCUT2D eigenvalue weighted by Crippen LogP contribution is 2.32. The maximum absolute atomic E-state index is 10.4. The number of hydrogen-bond donors (Lipinski definition) is 2. The second-order valence-electron chi connectivity index (χ2n) is 5.70. The van der Waals surface area contributed by atoms with Crippen LogP contribution in [0.2, 0.25) is 0 Å². The van der Waals surface area contributed by atoms with Crippen molar-refractivity contribution in [3.63, 3.8) is 0 Å². The number of aryl methyl sites for hydroxylation is 1. The van der Waals surface area contributed by atoms with Crippen molar-refractivity contribution in [3.8, 4) is 22.8 Å². The molecule has 26 heavy (non-hydrogen) atoms. The first-order chi connectivity index (χ1) is 12.6. The maximum Gasteiger partial charge on any atom is 0.404 e. The third-order valence-electron chi connectivity index (χ3n) is 3.75. The van der Waals surface area contributed by atoms with Crippen molar-refractivity contribution in [2.75, 3.05) is 20.3 Å². The summed E-state index contributed by atoms with van der Waals surface area (Å²) >= 11 is 0. The number of rotatable bonds is 7. The van der Waals surface area contributed by atoms with Crippen LogP contribution in [-0.2, 0) is 0 Å². The van der Waals surface area contributed by atoms with Gasteiger partial charge in [-0.3, -0.25) is 0 Å². The van der Waals surface area contributed by atoms with E-state index < -0.39 is 6.09 Å². The Kier molecular flexibility index (Phi) is 5.21. The van der Waals surface area contributed by atoms with Crippen LogP contribution >= 0.6 is 0 Å². The summed E-state index contributed by atoms with van der Waals surface area (Å²) < 4.78 is 12.8. The van der Waals surface area contributed by atoms with E-state index in [9.17, 15) is 4.79 Å². The zero-order valence-corrected chi connectivity index (χ0v) is 14.6. The van der Waals surface area contributed by atoms with Gasteiger partial charge < -0.3 is 19.9 Å². The SMILES string of the molecule is COc1cc(-c2ccc3nc(C)cn3n2)ccc1OCCCNC(=O)O. The van der Waals surface area contributed by atoms with Crippen molar-refractivity contribution in [3.05, 3.63) is 42.2 Å². The minimum atomic E-state index is -1.04. The summed E-state index contributed by atoms with van der Waals surface area (Å²) in [7, 11) is 1.58. The van der Waals surface area contributed by atoms with Crippen LogP contribution in [0.1, 0.15) is 12.1 Å². The number of carboxylic acid groups (broad SMARTS) is 1. The summed E-state index contributed by atoms with van der Waals surface area (Å²) in [5, 5.41) is 15.4. The van der Waals surface area contributed by atoms with Crippen molar-refractivity contribution < 1.29 is 19.4 Å². The molecule has 0 spiro atoms. The lowest BCUT2D eigenvalue weighted by Crippen LogP contribution is -2.23. The Morgan fingerprint density at radius 1 is 1.27 bits per heavy atom. The number of amides is 1. The molecule has 136 valence electrons. The fourth-order valence-electron chi connectivity index (χ4n) is 2.55. The Morgan fingerprint density at radius 2 is 2.12 bits per heavy atom. The predicted molar refractivity (Wildman–Crippen MR) is 95.9 cm³/mol. The Balaban J connectivity index is 1.73. The quantitative estimate of drug-likeness (QED) is 0.632. The van der Waals surface area contributed by atoms with E-state index in [1.165, 1.54) is 0 Å². The summed E-state index contributed by atoms with van der Waals surface area (Å²) in [5.41, 5.74) is 3.40. The number of nitrogens with one attached hydrogen (secondary N) is 1. The fourth-order valence-corrected chi connectivity index (χ4v) is 2.55. The molecule has 2 N–H and O–H groups in total. The molecule has 1 amide bonds. The molecular weight excluding hydrogens is 336 g/mol. The van der Waals surface area contributed by atoms with Crippen LogP contribution < -0.4 is 14.8 Å². The fraction of sp³-hybridized carbons (Fsp3) is 0.278. The van der Waals surface area contributed by atoms with Gasteiger partial charge in [-0.05, 0) is 43.7 Å². The number of benzene rings is 1. The number of fused-ring (bicyclic) bond motifs is 1. The second-order valence-corrected chi connectivity index (χ2v) is 5.70. The number of nitrogens with zero attached hydrogens (tertiary/aromatic N) is 3. The van der Waals surface area contributed by atoms with E-state index in [4.69, 9.17) is 14.6 Å². The lowest BCUT2D eigenvalue weighted by Gasteiger charge is -2.12. The average Bonchev–Trinajstić information content (AvgIpc) is 3.00. The lowest BCUT2D eigenvalue weighted by molar-refractivity contribution is 0.193. The van der Waals surface area contributed by atoms with E-state index in [2.05, 4.69) is 15.4 Å². The van der Waals surface area contributed by atoms with Gasteiger partial charge in [0.1, 0.15) is 0 Å². The van der Waals surface area contributed by atoms with Crippen molar-refractivity contribution >= 4 is 11.7 Å². The van der Waals surface area contributed by atoms with Gasteiger partial charge in [0, 0.05) is 12.1 Å². The van der Waals surface area contributed by atoms with E-state index in [0.29, 0.717) is 31.1 Å². The third-order valence-corrected chi connectivity index (χ3v) is 3.75. The molecule has 3 aromatic rings. The Hall–Kier alpha value is -3.29. The van der Waals surface area contributed by atoms with Crippen LogP contribution in [0.25, 0.3) is 16.9 Å². The van der Waals surface area contributed by atoms with E-state index in [0.717, 1.165) is 22.6 Å². The smallest absolute Gasteiger partial charge is 0.404 e. The topological polar surface area (TPSA) is 98.0 Å². The van der Waals surface area contributed by atoms with E-state index in [1.54, 1.807) is 11.6 Å². The van der Waals surface area contributed by atoms with Gasteiger partial charge in [-0.1, -0.05) is 0 Å². The summed E-state index contributed by atoms with van der Waals surface area (Å²) in [5.74, 6) is 1.20. The number of methoxy groups -OCH3 is 1. The molecule has 0 radical (unpaired) electrons. The predicted octanol–water partition coefficient (Wildman–Crippen LogP) is 2.75. The standard InChI is InChI=1S/C18H20N4O4/c1-12-11-22-17(20-12)7-5-14(21-22)13-4-6-15(16(10-13)25-2)26-9-3-8-19-18(23)24/h4-7,10-11,19H,3,8-9H2,1-2H3,(H,23,24). The number of carbonyl (C=O) groups is 1. The zero-order valence-electron chi connectivity index (χ0n) is 14.6. The van der Waals surface area contributed by atoms with Crippen LogP contribution in [-0.4, -0.2) is 46.1 Å². The summed E-state index contributed by atoms with van der Waals surface area (Å²) in [6.45, 7) is 2.65. The maximum atomic E-state index is 10.4. The summed E-state index contributed by atoms with van der Waals surface area (Å²) in [4.78, 5) is 14.8. The van der Waals surface area contributed by atoms with Gasteiger partial charge >= 0.3 is 6.09 Å². The van der Waals surface area contributed by atoms with Gasteiger partial charge in [-0.15, -0.1) is 0 Å². The van der Waals surface area contributed by atoms with Gasteiger partial charge in [0.05, 0.1) is 31.3 Å². The number of ether oxygens (including phenoxy) is 2. The molecule has 0 unspecified atom stereocenters. The molecule has 0 saturated carbocycles. The zero-order chi connectivity index (χ0) is 18.5. The molecule has 3 rings (SSSR count). The molecule has 8 heteroatoms. The Morgan fingerprint density at radius 3 is 2.88 bits per heavy atom. The van der Waals surface area contributed by atoms with Crippen molar-refractivity contribution in [1.29, 1.82) is 0 Å². The lowest BCUT2D eigenvalue weighted by atomic mass is 10.1. The second kappa shape index (κ2) is 7.73. The van der Waals surface area contributed by atoms with Crippen LogP contribution in [0.15, 0.2) is 36.5 Å². The first kappa shape index (κ1) is 17.5.